The number of nitrogens with one attached hydrogen (secondary N) is 1. The Bertz CT molecular complexity index is 824. The highest BCUT2D eigenvalue weighted by molar-refractivity contribution is 7.92. The summed E-state index contributed by atoms with van der Waals surface area (Å²) in [5.41, 5.74) is -0.815. The molecule has 2 rings (SSSR count). The van der Waals surface area contributed by atoms with E-state index in [1.807, 2.05) is 0 Å². The van der Waals surface area contributed by atoms with E-state index in [2.05, 4.69) is 0 Å². The number of sulfonamides is 1. The Labute approximate surface area is 123 Å². The second kappa shape index (κ2) is 5.84. The maximum absolute atomic E-state index is 13.5. The first-order valence-corrected chi connectivity index (χ1v) is 7.24. The van der Waals surface area contributed by atoms with Crippen LogP contribution in [0.25, 0.3) is 0 Å². The molecule has 0 aliphatic heterocycles. The molecule has 0 heterocycles. The number of methoxy groups -OCH3 is 1. The van der Waals surface area contributed by atoms with Crippen molar-refractivity contribution in [3.63, 3.8) is 0 Å². The van der Waals surface area contributed by atoms with Gasteiger partial charge < -0.3 is 4.74 Å². The molecule has 0 aliphatic carbocycles. The minimum Gasteiger partial charge on any atom is -0.495 e. The van der Waals surface area contributed by atoms with Crippen LogP contribution in [-0.4, -0.2) is 15.5 Å². The number of benzene rings is 2. The molecule has 118 valence electrons. The minimum absolute atomic E-state index is 0.197. The molecule has 2 aromatic carbocycles. The molecule has 0 saturated heterocycles. The first-order chi connectivity index (χ1) is 10.3. The van der Waals surface area contributed by atoms with Crippen LogP contribution in [0.2, 0.25) is 0 Å². The van der Waals surface area contributed by atoms with Crippen LogP contribution in [0.3, 0.4) is 0 Å². The maximum Gasteiger partial charge on any atom is 0.265 e. The van der Waals surface area contributed by atoms with Gasteiger partial charge in [0.05, 0.1) is 12.8 Å². The van der Waals surface area contributed by atoms with Gasteiger partial charge in [0.15, 0.2) is 17.5 Å². The van der Waals surface area contributed by atoms with Gasteiger partial charge in [-0.15, -0.1) is 0 Å². The SMILES string of the molecule is COc1ccc(F)cc1S(=O)(=O)Nc1ccc(F)c(F)c1F. The van der Waals surface area contributed by atoms with Crippen LogP contribution in [0, 0.1) is 23.3 Å². The highest BCUT2D eigenvalue weighted by Crippen LogP contribution is 2.28. The van der Waals surface area contributed by atoms with E-state index >= 15 is 0 Å². The predicted octanol–water partition coefficient (Wildman–Crippen LogP) is 3.05. The van der Waals surface area contributed by atoms with Gasteiger partial charge in [0.25, 0.3) is 10.0 Å². The number of hydrogen-bond donors (Lipinski definition) is 1. The van der Waals surface area contributed by atoms with Crippen molar-refractivity contribution in [2.24, 2.45) is 0 Å². The van der Waals surface area contributed by atoms with Crippen molar-refractivity contribution in [1.82, 2.24) is 0 Å². The minimum atomic E-state index is -4.47. The van der Waals surface area contributed by atoms with Crippen molar-refractivity contribution in [2.75, 3.05) is 11.8 Å². The van der Waals surface area contributed by atoms with Crippen molar-refractivity contribution in [1.29, 1.82) is 0 Å². The topological polar surface area (TPSA) is 55.4 Å². The Morgan fingerprint density at radius 3 is 2.32 bits per heavy atom. The number of anilines is 1. The summed E-state index contributed by atoms with van der Waals surface area (Å²) < 4.78 is 83.5. The van der Waals surface area contributed by atoms with E-state index in [-0.39, 0.29) is 5.75 Å². The van der Waals surface area contributed by atoms with Gasteiger partial charge in [-0.25, -0.2) is 26.0 Å². The van der Waals surface area contributed by atoms with Crippen molar-refractivity contribution in [2.45, 2.75) is 4.90 Å². The summed E-state index contributed by atoms with van der Waals surface area (Å²) in [5, 5.41) is 0. The van der Waals surface area contributed by atoms with E-state index in [1.165, 1.54) is 0 Å². The molecule has 0 bridgehead atoms. The molecule has 0 aliphatic rings. The highest BCUT2D eigenvalue weighted by Gasteiger charge is 2.23. The van der Waals surface area contributed by atoms with E-state index in [0.717, 1.165) is 19.2 Å². The van der Waals surface area contributed by atoms with Gasteiger partial charge in [-0.3, -0.25) is 4.72 Å². The largest absolute Gasteiger partial charge is 0.495 e. The zero-order valence-corrected chi connectivity index (χ0v) is 11.8. The van der Waals surface area contributed by atoms with E-state index in [1.54, 1.807) is 4.72 Å². The smallest absolute Gasteiger partial charge is 0.265 e. The second-order valence-corrected chi connectivity index (χ2v) is 5.77. The first-order valence-electron chi connectivity index (χ1n) is 5.76. The quantitative estimate of drug-likeness (QED) is 0.690. The van der Waals surface area contributed by atoms with Crippen molar-refractivity contribution in [3.8, 4) is 5.75 Å². The molecule has 0 amide bonds. The Morgan fingerprint density at radius 1 is 1.00 bits per heavy atom. The Hall–Kier alpha value is -2.29. The van der Waals surface area contributed by atoms with Gasteiger partial charge in [-0.2, -0.15) is 0 Å². The lowest BCUT2D eigenvalue weighted by Crippen LogP contribution is -2.16. The second-order valence-electron chi connectivity index (χ2n) is 4.12. The summed E-state index contributed by atoms with van der Waals surface area (Å²) in [5.74, 6) is -6.07. The number of halogens is 4. The van der Waals surface area contributed by atoms with E-state index < -0.39 is 43.9 Å². The van der Waals surface area contributed by atoms with Crippen LogP contribution >= 0.6 is 0 Å². The molecule has 0 aromatic heterocycles. The summed E-state index contributed by atoms with van der Waals surface area (Å²) >= 11 is 0. The molecule has 1 N–H and O–H groups in total. The summed E-state index contributed by atoms with van der Waals surface area (Å²) in [7, 11) is -3.32. The monoisotopic (exact) mass is 335 g/mol. The molecule has 9 heteroatoms. The summed E-state index contributed by atoms with van der Waals surface area (Å²) in [4.78, 5) is -0.612. The summed E-state index contributed by atoms with van der Waals surface area (Å²) in [6, 6.07) is 3.94. The van der Waals surface area contributed by atoms with E-state index in [4.69, 9.17) is 4.74 Å². The van der Waals surface area contributed by atoms with Gasteiger partial charge in [0.2, 0.25) is 0 Å². The maximum atomic E-state index is 13.5. The van der Waals surface area contributed by atoms with Gasteiger partial charge >= 0.3 is 0 Å². The normalized spacial score (nSPS) is 11.3. The first kappa shape index (κ1) is 16.1. The van der Waals surface area contributed by atoms with Crippen LogP contribution < -0.4 is 9.46 Å². The van der Waals surface area contributed by atoms with Crippen LogP contribution in [-0.2, 0) is 10.0 Å². The summed E-state index contributed by atoms with van der Waals surface area (Å²) in [6.45, 7) is 0. The fourth-order valence-electron chi connectivity index (χ4n) is 1.67. The van der Waals surface area contributed by atoms with Crippen LogP contribution in [0.4, 0.5) is 23.2 Å². The lowest BCUT2D eigenvalue weighted by atomic mass is 10.3. The van der Waals surface area contributed by atoms with Gasteiger partial charge in [0, 0.05) is 0 Å². The number of rotatable bonds is 4. The van der Waals surface area contributed by atoms with E-state index in [0.29, 0.717) is 18.2 Å². The fraction of sp³-hybridized carbons (Fsp3) is 0.0769. The highest BCUT2D eigenvalue weighted by atomic mass is 32.2. The molecule has 0 saturated carbocycles. The van der Waals surface area contributed by atoms with Crippen molar-refractivity contribution in [3.05, 3.63) is 53.6 Å². The zero-order valence-electron chi connectivity index (χ0n) is 11.0. The molecular formula is C13H9F4NO3S. The third-order valence-electron chi connectivity index (χ3n) is 2.69. The van der Waals surface area contributed by atoms with Crippen molar-refractivity contribution >= 4 is 15.7 Å². The lowest BCUT2D eigenvalue weighted by Gasteiger charge is -2.12. The third kappa shape index (κ3) is 2.98. The molecule has 22 heavy (non-hydrogen) atoms. The average Bonchev–Trinajstić information content (AvgIpc) is 2.48. The molecule has 0 atom stereocenters. The van der Waals surface area contributed by atoms with Crippen LogP contribution in [0.1, 0.15) is 0 Å². The van der Waals surface area contributed by atoms with E-state index in [9.17, 15) is 26.0 Å². The molecule has 2 aromatic rings. The Morgan fingerprint density at radius 2 is 1.68 bits per heavy atom. The van der Waals surface area contributed by atoms with Crippen LogP contribution in [0.15, 0.2) is 35.2 Å². The molecule has 4 nitrogen and oxygen atoms in total. The van der Waals surface area contributed by atoms with Gasteiger partial charge in [0.1, 0.15) is 16.5 Å². The standard InChI is InChI=1S/C13H9F4NO3S/c1-21-10-5-2-7(14)6-11(10)22(19,20)18-9-4-3-8(15)12(16)13(9)17/h2-6,18H,1H3. The fourth-order valence-corrected chi connectivity index (χ4v) is 2.91. The predicted molar refractivity (Wildman–Crippen MR) is 70.1 cm³/mol. The number of ether oxygens (including phenoxy) is 1. The lowest BCUT2D eigenvalue weighted by molar-refractivity contribution is 0.401. The number of hydrogen-bond acceptors (Lipinski definition) is 3. The average molecular weight is 335 g/mol. The van der Waals surface area contributed by atoms with Gasteiger partial charge in [-0.1, -0.05) is 0 Å². The Kier molecular flexibility index (Phi) is 4.27. The Balaban J connectivity index is 2.49. The third-order valence-corrected chi connectivity index (χ3v) is 4.08. The van der Waals surface area contributed by atoms with Crippen LogP contribution in [0.5, 0.6) is 5.75 Å². The summed E-state index contributed by atoms with van der Waals surface area (Å²) in [6.07, 6.45) is 0. The molecule has 0 radical (unpaired) electrons. The molecule has 0 spiro atoms. The molecule has 0 fully saturated rings. The molecule has 0 unspecified atom stereocenters. The van der Waals surface area contributed by atoms with Crippen molar-refractivity contribution < 1.29 is 30.7 Å². The molecular weight excluding hydrogens is 326 g/mol. The zero-order chi connectivity index (χ0) is 16.5. The van der Waals surface area contributed by atoms with Gasteiger partial charge in [-0.05, 0) is 30.3 Å².